The zero-order valence-corrected chi connectivity index (χ0v) is 14.8. The maximum Gasteiger partial charge on any atom is 0.276 e. The summed E-state index contributed by atoms with van der Waals surface area (Å²) in [6.45, 7) is 3.92. The van der Waals surface area contributed by atoms with Gasteiger partial charge in [0.25, 0.3) is 5.91 Å². The molecule has 132 valence electrons. The Morgan fingerprint density at radius 3 is 2.62 bits per heavy atom. The fraction of sp³-hybridized carbons (Fsp3) is 0.300. The first-order chi connectivity index (χ1) is 12.7. The maximum atomic E-state index is 12.6. The van der Waals surface area contributed by atoms with Crippen LogP contribution in [0, 0.1) is 6.92 Å². The van der Waals surface area contributed by atoms with E-state index in [1.807, 2.05) is 43.3 Å². The minimum atomic E-state index is -0.265. The van der Waals surface area contributed by atoms with Crippen molar-refractivity contribution in [1.29, 1.82) is 0 Å². The Labute approximate surface area is 152 Å². The predicted octanol–water partition coefficient (Wildman–Crippen LogP) is 3.58. The number of para-hydroxylation sites is 1. The third kappa shape index (κ3) is 3.35. The number of amides is 1. The van der Waals surface area contributed by atoms with Crippen LogP contribution in [0.15, 0.2) is 42.5 Å². The van der Waals surface area contributed by atoms with Crippen LogP contribution < -0.4 is 10.2 Å². The predicted molar refractivity (Wildman–Crippen MR) is 103 cm³/mol. The van der Waals surface area contributed by atoms with Crippen molar-refractivity contribution in [3.63, 3.8) is 0 Å². The molecular weight excluding hydrogens is 326 g/mol. The summed E-state index contributed by atoms with van der Waals surface area (Å²) in [4.78, 5) is 19.3. The molecule has 6 heteroatoms. The van der Waals surface area contributed by atoms with Crippen molar-refractivity contribution in [2.75, 3.05) is 23.3 Å². The average Bonchev–Trinajstić information content (AvgIpc) is 2.68. The van der Waals surface area contributed by atoms with Crippen LogP contribution in [0.2, 0.25) is 0 Å². The minimum Gasteiger partial charge on any atom is -0.355 e. The fourth-order valence-corrected chi connectivity index (χ4v) is 3.34. The van der Waals surface area contributed by atoms with Crippen molar-refractivity contribution in [2.24, 2.45) is 0 Å². The van der Waals surface area contributed by atoms with Crippen LogP contribution in [0.3, 0.4) is 0 Å². The molecule has 1 aliphatic rings. The zero-order chi connectivity index (χ0) is 17.9. The highest BCUT2D eigenvalue weighted by Gasteiger charge is 2.15. The van der Waals surface area contributed by atoms with Gasteiger partial charge in [0, 0.05) is 24.2 Å². The number of aryl methyl sites for hydroxylation is 1. The van der Waals surface area contributed by atoms with E-state index in [4.69, 9.17) is 0 Å². The van der Waals surface area contributed by atoms with Gasteiger partial charge in [0.1, 0.15) is 0 Å². The lowest BCUT2D eigenvalue weighted by atomic mass is 10.1. The monoisotopic (exact) mass is 347 g/mol. The van der Waals surface area contributed by atoms with Crippen LogP contribution in [0.25, 0.3) is 10.9 Å². The first-order valence-electron chi connectivity index (χ1n) is 8.97. The average molecular weight is 347 g/mol. The molecular formula is C20H21N5O. The molecule has 6 nitrogen and oxygen atoms in total. The number of nitrogens with one attached hydrogen (secondary N) is 1. The van der Waals surface area contributed by atoms with Gasteiger partial charge in [-0.05, 0) is 50.5 Å². The summed E-state index contributed by atoms with van der Waals surface area (Å²) in [5, 5.41) is 12.2. The quantitative estimate of drug-likeness (QED) is 0.784. The molecule has 1 saturated heterocycles. The van der Waals surface area contributed by atoms with Gasteiger partial charge in [0.15, 0.2) is 11.5 Å². The first kappa shape index (κ1) is 16.4. The fourth-order valence-electron chi connectivity index (χ4n) is 3.34. The van der Waals surface area contributed by atoms with Gasteiger partial charge >= 0.3 is 0 Å². The molecule has 3 heterocycles. The number of piperidine rings is 1. The maximum absolute atomic E-state index is 12.6. The molecule has 0 spiro atoms. The molecule has 0 saturated carbocycles. The van der Waals surface area contributed by atoms with E-state index in [0.29, 0.717) is 5.69 Å². The number of nitrogens with zero attached hydrogens (tertiary/aromatic N) is 4. The van der Waals surface area contributed by atoms with E-state index in [1.165, 1.54) is 19.3 Å². The van der Waals surface area contributed by atoms with Crippen molar-refractivity contribution >= 4 is 28.3 Å². The molecule has 1 N–H and O–H groups in total. The summed E-state index contributed by atoms with van der Waals surface area (Å²) < 4.78 is 0. The van der Waals surface area contributed by atoms with Crippen LogP contribution in [0.4, 0.5) is 11.5 Å². The van der Waals surface area contributed by atoms with Crippen LogP contribution in [-0.2, 0) is 0 Å². The second-order valence-corrected chi connectivity index (χ2v) is 6.61. The summed E-state index contributed by atoms with van der Waals surface area (Å²) in [5.74, 6) is 0.574. The normalized spacial score (nSPS) is 14.4. The summed E-state index contributed by atoms with van der Waals surface area (Å²) in [6.07, 6.45) is 3.63. The summed E-state index contributed by atoms with van der Waals surface area (Å²) in [5.41, 5.74) is 2.75. The van der Waals surface area contributed by atoms with Crippen LogP contribution >= 0.6 is 0 Å². The third-order valence-electron chi connectivity index (χ3n) is 4.66. The van der Waals surface area contributed by atoms with Crippen LogP contribution in [0.1, 0.15) is 35.4 Å². The van der Waals surface area contributed by atoms with Gasteiger partial charge in [-0.3, -0.25) is 9.78 Å². The smallest absolute Gasteiger partial charge is 0.276 e. The van der Waals surface area contributed by atoms with Gasteiger partial charge in [-0.25, -0.2) is 0 Å². The second kappa shape index (κ2) is 7.07. The minimum absolute atomic E-state index is 0.265. The number of fused-ring (bicyclic) bond motifs is 1. The molecule has 1 amide bonds. The topological polar surface area (TPSA) is 71.0 Å². The van der Waals surface area contributed by atoms with E-state index < -0.39 is 0 Å². The molecule has 0 atom stereocenters. The van der Waals surface area contributed by atoms with Gasteiger partial charge in [0.2, 0.25) is 0 Å². The Morgan fingerprint density at radius 2 is 1.85 bits per heavy atom. The van der Waals surface area contributed by atoms with Crippen molar-refractivity contribution in [3.05, 3.63) is 53.9 Å². The summed E-state index contributed by atoms with van der Waals surface area (Å²) in [6, 6.07) is 13.2. The molecule has 3 aromatic rings. The number of benzene rings is 1. The van der Waals surface area contributed by atoms with E-state index in [0.717, 1.165) is 41.2 Å². The number of aromatic nitrogens is 3. The van der Waals surface area contributed by atoms with Gasteiger partial charge in [-0.1, -0.05) is 18.2 Å². The van der Waals surface area contributed by atoms with Gasteiger partial charge in [-0.15, -0.1) is 10.2 Å². The Hall–Kier alpha value is -3.02. The first-order valence-corrected chi connectivity index (χ1v) is 8.97. The molecule has 1 aromatic carbocycles. The standard InChI is InChI=1S/C20H21N5O/c1-14-13-18(15-7-3-4-8-16(15)21-14)22-20(26)17-9-10-19(24-23-17)25-11-5-2-6-12-25/h3-4,7-10,13H,2,5-6,11-12H2,1H3,(H,21,22,26). The Balaban J connectivity index is 1.55. The van der Waals surface area contributed by atoms with Crippen LogP contribution in [-0.4, -0.2) is 34.2 Å². The van der Waals surface area contributed by atoms with Crippen molar-refractivity contribution in [1.82, 2.24) is 15.2 Å². The number of carbonyl (C=O) groups excluding carboxylic acids is 1. The highest BCUT2D eigenvalue weighted by Crippen LogP contribution is 2.23. The van der Waals surface area contributed by atoms with Gasteiger partial charge in [0.05, 0.1) is 11.2 Å². The molecule has 4 rings (SSSR count). The summed E-state index contributed by atoms with van der Waals surface area (Å²) >= 11 is 0. The van der Waals surface area contributed by atoms with Gasteiger partial charge in [-0.2, -0.15) is 0 Å². The highest BCUT2D eigenvalue weighted by molar-refractivity contribution is 6.07. The molecule has 0 aliphatic carbocycles. The SMILES string of the molecule is Cc1cc(NC(=O)c2ccc(N3CCCCC3)nn2)c2ccccc2n1. The number of hydrogen-bond donors (Lipinski definition) is 1. The number of anilines is 2. The molecule has 0 radical (unpaired) electrons. The second-order valence-electron chi connectivity index (χ2n) is 6.61. The molecule has 2 aromatic heterocycles. The Bertz CT molecular complexity index is 933. The molecule has 1 aliphatic heterocycles. The van der Waals surface area contributed by atoms with E-state index in [9.17, 15) is 4.79 Å². The number of carbonyl (C=O) groups is 1. The van der Waals surface area contributed by atoms with E-state index >= 15 is 0 Å². The number of pyridine rings is 1. The Kier molecular flexibility index (Phi) is 4.48. The molecule has 0 bridgehead atoms. The zero-order valence-electron chi connectivity index (χ0n) is 14.8. The van der Waals surface area contributed by atoms with E-state index in [2.05, 4.69) is 25.4 Å². The lowest BCUT2D eigenvalue weighted by Gasteiger charge is -2.27. The van der Waals surface area contributed by atoms with Crippen molar-refractivity contribution < 1.29 is 4.79 Å². The summed E-state index contributed by atoms with van der Waals surface area (Å²) in [7, 11) is 0. The largest absolute Gasteiger partial charge is 0.355 e. The van der Waals surface area contributed by atoms with E-state index in [-0.39, 0.29) is 5.91 Å². The molecule has 26 heavy (non-hydrogen) atoms. The highest BCUT2D eigenvalue weighted by atomic mass is 16.1. The molecule has 1 fully saturated rings. The lowest BCUT2D eigenvalue weighted by molar-refractivity contribution is 0.102. The number of rotatable bonds is 3. The lowest BCUT2D eigenvalue weighted by Crippen LogP contribution is -2.30. The van der Waals surface area contributed by atoms with Gasteiger partial charge < -0.3 is 10.2 Å². The Morgan fingerprint density at radius 1 is 1.04 bits per heavy atom. The molecule has 0 unspecified atom stereocenters. The number of hydrogen-bond acceptors (Lipinski definition) is 5. The van der Waals surface area contributed by atoms with Crippen molar-refractivity contribution in [2.45, 2.75) is 26.2 Å². The van der Waals surface area contributed by atoms with Crippen molar-refractivity contribution in [3.8, 4) is 0 Å². The van der Waals surface area contributed by atoms with Crippen LogP contribution in [0.5, 0.6) is 0 Å². The third-order valence-corrected chi connectivity index (χ3v) is 4.66. The van der Waals surface area contributed by atoms with E-state index in [1.54, 1.807) is 6.07 Å².